The molecular weight excluding hydrogens is 744 g/mol. The minimum atomic E-state index is -1.99. The zero-order valence-corrected chi connectivity index (χ0v) is 30.0. The Bertz CT molecular complexity index is 2160. The van der Waals surface area contributed by atoms with Crippen LogP contribution in [0.2, 0.25) is 0 Å². The standard InChI is InChI=1S/C38H40O18/c1-15-4-5-17(10-21(15)40)6-9-26(42)51-14-25-29(44)32(47)34(49)38(55-25)56-36-30(45)27-22(41)12-19(53-37-33(48)31(46)28(43)16(2)52-37)13-24(27)54-35(36)18-7-8-20(39)23(11-18)50-3/h4-13,16,25,28-29,31-34,37-41,43-44,46-49H,14H2,1-3H3/b9-6+/t16?,25?,28-,29+,31-,32-,33?,34?,37-,38-/m0/s1. The van der Waals surface area contributed by atoms with Gasteiger partial charge in [0.2, 0.25) is 23.8 Å². The van der Waals surface area contributed by atoms with Crippen molar-refractivity contribution in [1.29, 1.82) is 0 Å². The number of hydrogen-bond donors (Lipinski definition) is 9. The van der Waals surface area contributed by atoms with E-state index in [-0.39, 0.29) is 39.9 Å². The first-order chi connectivity index (χ1) is 26.6. The maximum atomic E-state index is 14.2. The zero-order valence-electron chi connectivity index (χ0n) is 30.0. The Morgan fingerprint density at radius 3 is 2.18 bits per heavy atom. The number of benzene rings is 3. The first-order valence-corrected chi connectivity index (χ1v) is 17.2. The van der Waals surface area contributed by atoms with Gasteiger partial charge in [0, 0.05) is 23.8 Å². The van der Waals surface area contributed by atoms with Crippen LogP contribution in [0.15, 0.2) is 63.8 Å². The highest BCUT2D eigenvalue weighted by atomic mass is 16.7. The zero-order chi connectivity index (χ0) is 40.6. The summed E-state index contributed by atoms with van der Waals surface area (Å²) in [4.78, 5) is 26.7. The van der Waals surface area contributed by atoms with Crippen molar-refractivity contribution in [2.75, 3.05) is 13.7 Å². The molecule has 0 saturated carbocycles. The predicted molar refractivity (Wildman–Crippen MR) is 191 cm³/mol. The molecule has 0 bridgehead atoms. The molecule has 6 rings (SSSR count). The Hall–Kier alpha value is -5.44. The summed E-state index contributed by atoms with van der Waals surface area (Å²) in [6.45, 7) is 2.48. The lowest BCUT2D eigenvalue weighted by atomic mass is 9.99. The molecule has 0 amide bonds. The molecule has 4 aromatic rings. The van der Waals surface area contributed by atoms with Crippen LogP contribution in [0.5, 0.6) is 34.5 Å². The second-order valence-corrected chi connectivity index (χ2v) is 13.2. The van der Waals surface area contributed by atoms with E-state index in [2.05, 4.69) is 0 Å². The molecule has 0 radical (unpaired) electrons. The first kappa shape index (κ1) is 40.2. The van der Waals surface area contributed by atoms with Crippen LogP contribution in [-0.4, -0.2) is 127 Å². The highest BCUT2D eigenvalue weighted by Crippen LogP contribution is 2.40. The van der Waals surface area contributed by atoms with Gasteiger partial charge in [-0.2, -0.15) is 0 Å². The number of aliphatic hydroxyl groups excluding tert-OH is 6. The molecule has 2 fully saturated rings. The van der Waals surface area contributed by atoms with Crippen molar-refractivity contribution in [3.8, 4) is 45.8 Å². The second kappa shape index (κ2) is 16.3. The van der Waals surface area contributed by atoms with Gasteiger partial charge in [0.25, 0.3) is 0 Å². The molecule has 0 spiro atoms. The number of fused-ring (bicyclic) bond motifs is 1. The summed E-state index contributed by atoms with van der Waals surface area (Å²) in [5, 5.41) is 93.7. The van der Waals surface area contributed by atoms with Gasteiger partial charge in [-0.15, -0.1) is 0 Å². The molecule has 2 aliphatic rings. The highest BCUT2D eigenvalue weighted by molar-refractivity contribution is 5.89. The van der Waals surface area contributed by atoms with Gasteiger partial charge in [0.05, 0.1) is 13.2 Å². The largest absolute Gasteiger partial charge is 0.508 e. The van der Waals surface area contributed by atoms with E-state index in [4.69, 9.17) is 32.8 Å². The summed E-state index contributed by atoms with van der Waals surface area (Å²) in [5.41, 5.74) is -0.169. The van der Waals surface area contributed by atoms with Crippen molar-refractivity contribution >= 4 is 23.0 Å². The number of rotatable bonds is 10. The van der Waals surface area contributed by atoms with E-state index in [0.29, 0.717) is 11.1 Å². The molecule has 1 aromatic heterocycles. The van der Waals surface area contributed by atoms with E-state index in [1.807, 2.05) is 0 Å². The maximum absolute atomic E-state index is 14.2. The van der Waals surface area contributed by atoms with Gasteiger partial charge in [-0.1, -0.05) is 12.1 Å². The van der Waals surface area contributed by atoms with Gasteiger partial charge in [0.15, 0.2) is 17.3 Å². The van der Waals surface area contributed by atoms with E-state index in [0.717, 1.165) is 18.2 Å². The van der Waals surface area contributed by atoms with Crippen molar-refractivity contribution in [1.82, 2.24) is 0 Å². The smallest absolute Gasteiger partial charge is 0.330 e. The number of esters is 1. The quantitative estimate of drug-likeness (QED) is 0.0784. The van der Waals surface area contributed by atoms with Gasteiger partial charge in [0.1, 0.15) is 77.6 Å². The molecule has 10 atom stereocenters. The average molecular weight is 785 g/mol. The monoisotopic (exact) mass is 784 g/mol. The van der Waals surface area contributed by atoms with Crippen LogP contribution in [0, 0.1) is 6.92 Å². The van der Waals surface area contributed by atoms with Crippen molar-refractivity contribution in [3.63, 3.8) is 0 Å². The second-order valence-electron chi connectivity index (χ2n) is 13.2. The van der Waals surface area contributed by atoms with Crippen molar-refractivity contribution in [2.24, 2.45) is 0 Å². The number of ether oxygens (including phenoxy) is 6. The number of methoxy groups -OCH3 is 1. The van der Waals surface area contributed by atoms with E-state index >= 15 is 0 Å². The maximum Gasteiger partial charge on any atom is 0.330 e. The third-order valence-corrected chi connectivity index (χ3v) is 9.35. The predicted octanol–water partition coefficient (Wildman–Crippen LogP) is 0.543. The Labute approximate surface area is 317 Å². The summed E-state index contributed by atoms with van der Waals surface area (Å²) in [6.07, 6.45) is -14.0. The molecule has 2 aliphatic heterocycles. The lowest BCUT2D eigenvalue weighted by Crippen LogP contribution is -2.60. The van der Waals surface area contributed by atoms with Crippen LogP contribution in [0.4, 0.5) is 0 Å². The highest BCUT2D eigenvalue weighted by Gasteiger charge is 2.46. The number of hydrogen-bond acceptors (Lipinski definition) is 18. The fourth-order valence-corrected chi connectivity index (χ4v) is 6.06. The van der Waals surface area contributed by atoms with Crippen molar-refractivity contribution < 1.29 is 83.6 Å². The molecular formula is C38H40O18. The van der Waals surface area contributed by atoms with Crippen LogP contribution in [-0.2, 0) is 19.0 Å². The van der Waals surface area contributed by atoms with E-state index < -0.39 is 96.3 Å². The van der Waals surface area contributed by atoms with E-state index in [1.54, 1.807) is 19.1 Å². The van der Waals surface area contributed by atoms with Gasteiger partial charge >= 0.3 is 5.97 Å². The number of phenols is 3. The molecule has 18 heteroatoms. The van der Waals surface area contributed by atoms with Gasteiger partial charge in [-0.05, 0) is 55.3 Å². The third-order valence-electron chi connectivity index (χ3n) is 9.35. The number of aliphatic hydroxyl groups is 6. The number of phenolic OH excluding ortho intramolecular Hbond substituents is 3. The lowest BCUT2D eigenvalue weighted by Gasteiger charge is -2.39. The van der Waals surface area contributed by atoms with Crippen molar-refractivity contribution in [2.45, 2.75) is 75.3 Å². The molecule has 56 heavy (non-hydrogen) atoms. The van der Waals surface area contributed by atoms with Crippen LogP contribution in [0.25, 0.3) is 28.4 Å². The molecule has 3 aromatic carbocycles. The summed E-state index contributed by atoms with van der Waals surface area (Å²) in [7, 11) is 1.27. The molecule has 18 nitrogen and oxygen atoms in total. The normalized spacial score (nSPS) is 27.9. The molecule has 2 saturated heterocycles. The summed E-state index contributed by atoms with van der Waals surface area (Å²) in [5.74, 6) is -3.18. The summed E-state index contributed by atoms with van der Waals surface area (Å²) < 4.78 is 39.1. The van der Waals surface area contributed by atoms with Crippen LogP contribution < -0.4 is 19.6 Å². The SMILES string of the molecule is COc1cc(-c2oc3cc(O[C@@H]4OC(C)[C@H](O)[C@H](O)C4O)cc(O)c3c(=O)c2O[C@@H]2OC(COC(=O)/C=C/c3ccc(C)c(O)c3)[C@@H](O)[C@H](O)C2O)ccc1O. The summed E-state index contributed by atoms with van der Waals surface area (Å²) >= 11 is 0. The Morgan fingerprint density at radius 2 is 1.48 bits per heavy atom. The van der Waals surface area contributed by atoms with Crippen LogP contribution in [0.1, 0.15) is 18.1 Å². The van der Waals surface area contributed by atoms with Gasteiger partial charge in [-0.3, -0.25) is 4.79 Å². The molecule has 3 heterocycles. The van der Waals surface area contributed by atoms with Crippen LogP contribution in [0.3, 0.4) is 0 Å². The molecule has 0 aliphatic carbocycles. The topological polar surface area (TPSA) is 285 Å². The Morgan fingerprint density at radius 1 is 0.786 bits per heavy atom. The fourth-order valence-electron chi connectivity index (χ4n) is 6.06. The Kier molecular flexibility index (Phi) is 11.7. The third kappa shape index (κ3) is 8.08. The molecule has 4 unspecified atom stereocenters. The number of aromatic hydroxyl groups is 3. The van der Waals surface area contributed by atoms with E-state index in [9.17, 15) is 55.5 Å². The number of aryl methyl sites for hydroxylation is 1. The van der Waals surface area contributed by atoms with Gasteiger partial charge < -0.3 is 78.8 Å². The lowest BCUT2D eigenvalue weighted by molar-refractivity contribution is -0.278. The van der Waals surface area contributed by atoms with E-state index in [1.165, 1.54) is 44.4 Å². The average Bonchev–Trinajstić information content (AvgIpc) is 3.17. The van der Waals surface area contributed by atoms with Crippen molar-refractivity contribution in [3.05, 3.63) is 76.0 Å². The van der Waals surface area contributed by atoms with Gasteiger partial charge in [-0.25, -0.2) is 4.79 Å². The first-order valence-electron chi connectivity index (χ1n) is 17.2. The molecule has 9 N–H and O–H groups in total. The number of carbonyl (C=O) groups excluding carboxylic acids is 1. The minimum absolute atomic E-state index is 0.0175. The molecule has 300 valence electrons. The number of carbonyl (C=O) groups is 1. The van der Waals surface area contributed by atoms with Crippen LogP contribution >= 0.6 is 0 Å². The minimum Gasteiger partial charge on any atom is -0.508 e. The fraction of sp³-hybridized carbons (Fsp3) is 0.368. The summed E-state index contributed by atoms with van der Waals surface area (Å²) in [6, 6.07) is 10.7. The Balaban J connectivity index is 1.31.